The molecule has 1 unspecified atom stereocenters. The molecule has 2 saturated heterocycles. The van der Waals surface area contributed by atoms with E-state index < -0.39 is 35.5 Å². The number of piperazine rings is 1. The van der Waals surface area contributed by atoms with Gasteiger partial charge in [0.25, 0.3) is 5.91 Å². The molecule has 10 nitrogen and oxygen atoms in total. The first-order valence-corrected chi connectivity index (χ1v) is 14.2. The van der Waals surface area contributed by atoms with Gasteiger partial charge in [-0.15, -0.1) is 0 Å². The lowest BCUT2D eigenvalue weighted by Crippen LogP contribution is -2.50. The summed E-state index contributed by atoms with van der Waals surface area (Å²) in [5.74, 6) is -3.54. The Bertz CT molecular complexity index is 1100. The molecule has 0 spiro atoms. The van der Waals surface area contributed by atoms with Crippen molar-refractivity contribution >= 4 is 35.1 Å². The topological polar surface area (TPSA) is 124 Å². The van der Waals surface area contributed by atoms with Crippen molar-refractivity contribution in [3.05, 3.63) is 35.9 Å². The van der Waals surface area contributed by atoms with Crippen molar-refractivity contribution in [2.24, 2.45) is 11.8 Å². The monoisotopic (exact) mass is 554 g/mol. The first kappa shape index (κ1) is 31.1. The molecule has 2 fully saturated rings. The minimum Gasteiger partial charge on any atom is -0.345 e. The number of nitrogens with zero attached hydrogens (tertiary/aromatic N) is 3. The molecule has 0 saturated carbocycles. The van der Waals surface area contributed by atoms with Crippen molar-refractivity contribution in [3.63, 3.8) is 0 Å². The van der Waals surface area contributed by atoms with Crippen molar-refractivity contribution in [1.29, 1.82) is 0 Å². The Morgan fingerprint density at radius 3 is 2.17 bits per heavy atom. The molecule has 0 radical (unpaired) electrons. The number of likely N-dealkylation sites (N-methyl/N-ethyl adjacent to an activating group) is 1. The summed E-state index contributed by atoms with van der Waals surface area (Å²) in [5, 5.41) is 2.72. The van der Waals surface area contributed by atoms with Gasteiger partial charge in [0.15, 0.2) is 11.6 Å². The van der Waals surface area contributed by atoms with Gasteiger partial charge in [0.05, 0.1) is 6.04 Å². The van der Waals surface area contributed by atoms with Crippen LogP contribution >= 0.6 is 0 Å². The molecule has 2 aliphatic rings. The van der Waals surface area contributed by atoms with Gasteiger partial charge in [-0.3, -0.25) is 28.8 Å². The van der Waals surface area contributed by atoms with Crippen molar-refractivity contribution < 1.29 is 28.8 Å². The summed E-state index contributed by atoms with van der Waals surface area (Å²) < 4.78 is 0. The Kier molecular flexibility index (Phi) is 11.1. The molecule has 0 aromatic heterocycles. The molecule has 40 heavy (non-hydrogen) atoms. The zero-order valence-corrected chi connectivity index (χ0v) is 24.1. The highest BCUT2D eigenvalue weighted by atomic mass is 16.2. The summed E-state index contributed by atoms with van der Waals surface area (Å²) in [6.07, 6.45) is 0.787. The van der Waals surface area contributed by atoms with Crippen LogP contribution in [0.1, 0.15) is 63.2 Å². The van der Waals surface area contributed by atoms with Crippen LogP contribution in [0.5, 0.6) is 0 Å². The van der Waals surface area contributed by atoms with Crippen molar-refractivity contribution in [1.82, 2.24) is 20.0 Å². The largest absolute Gasteiger partial charge is 0.345 e. The number of ketones is 3. The van der Waals surface area contributed by atoms with E-state index in [4.69, 9.17) is 0 Å². The fraction of sp³-hybridized carbons (Fsp3) is 0.600. The number of amides is 3. The van der Waals surface area contributed by atoms with Gasteiger partial charge >= 0.3 is 0 Å². The third kappa shape index (κ3) is 8.06. The molecule has 1 aromatic carbocycles. The van der Waals surface area contributed by atoms with Crippen LogP contribution in [-0.2, 0) is 24.0 Å². The van der Waals surface area contributed by atoms with Crippen LogP contribution in [0.25, 0.3) is 0 Å². The summed E-state index contributed by atoms with van der Waals surface area (Å²) in [5.41, 5.74) is 0.500. The second-order valence-corrected chi connectivity index (χ2v) is 11.2. The van der Waals surface area contributed by atoms with E-state index in [1.165, 1.54) is 4.90 Å². The van der Waals surface area contributed by atoms with E-state index in [0.29, 0.717) is 38.0 Å². The SMILES string of the molecule is CC(C)[C@H](CC(=O)[C@H](C)NC(=O)C1CCCN1C(=O)c1ccccc1)C(=O)C(=O)CCC(=O)N1CCN(C)CC1. The highest BCUT2D eigenvalue weighted by molar-refractivity contribution is 6.38. The van der Waals surface area contributed by atoms with Crippen molar-refractivity contribution in [2.75, 3.05) is 39.8 Å². The molecule has 0 bridgehead atoms. The standard InChI is InChI=1S/C30H42N4O6/c1-20(2)23(28(38)25(35)12-13-27(37)33-17-15-32(4)16-18-33)19-26(36)21(3)31-29(39)24-11-8-14-34(24)30(40)22-9-6-5-7-10-22/h5-7,9-10,20-21,23-24H,8,11-19H2,1-4H3,(H,31,39)/t21-,23-,24?/m0/s1. The van der Waals surface area contributed by atoms with E-state index in [2.05, 4.69) is 10.2 Å². The third-order valence-corrected chi connectivity index (χ3v) is 7.94. The van der Waals surface area contributed by atoms with E-state index in [9.17, 15) is 28.8 Å². The molecule has 218 valence electrons. The molecule has 2 aliphatic heterocycles. The normalized spacial score (nSPS) is 19.3. The Morgan fingerprint density at radius 1 is 0.900 bits per heavy atom. The quantitative estimate of drug-likeness (QED) is 0.390. The summed E-state index contributed by atoms with van der Waals surface area (Å²) in [6, 6.07) is 7.19. The van der Waals surface area contributed by atoms with E-state index >= 15 is 0 Å². The number of benzene rings is 1. The number of Topliss-reactive ketones (excluding diaryl/α,β-unsaturated/α-hetero) is 3. The molecule has 3 atom stereocenters. The molecule has 1 N–H and O–H groups in total. The van der Waals surface area contributed by atoms with Gasteiger partial charge in [-0.05, 0) is 44.9 Å². The molecule has 0 aliphatic carbocycles. The van der Waals surface area contributed by atoms with Crippen LogP contribution in [0, 0.1) is 11.8 Å². The van der Waals surface area contributed by atoms with Crippen LogP contribution in [0.3, 0.4) is 0 Å². The van der Waals surface area contributed by atoms with Gasteiger partial charge in [-0.25, -0.2) is 0 Å². The van der Waals surface area contributed by atoms with Crippen LogP contribution in [0.2, 0.25) is 0 Å². The summed E-state index contributed by atoms with van der Waals surface area (Å²) in [7, 11) is 1.99. The Morgan fingerprint density at radius 2 is 1.55 bits per heavy atom. The van der Waals surface area contributed by atoms with Gasteiger partial charge in [0.2, 0.25) is 17.6 Å². The van der Waals surface area contributed by atoms with Gasteiger partial charge in [-0.2, -0.15) is 0 Å². The molecule has 3 amide bonds. The molecular weight excluding hydrogens is 512 g/mol. The first-order valence-electron chi connectivity index (χ1n) is 14.2. The van der Waals surface area contributed by atoms with Gasteiger partial charge in [0, 0.05) is 63.5 Å². The van der Waals surface area contributed by atoms with E-state index in [-0.39, 0.29) is 42.8 Å². The van der Waals surface area contributed by atoms with Gasteiger partial charge < -0.3 is 20.0 Å². The van der Waals surface area contributed by atoms with Crippen LogP contribution in [0.15, 0.2) is 30.3 Å². The van der Waals surface area contributed by atoms with Gasteiger partial charge in [0.1, 0.15) is 6.04 Å². The second-order valence-electron chi connectivity index (χ2n) is 11.2. The fourth-order valence-corrected chi connectivity index (χ4v) is 5.21. The van der Waals surface area contributed by atoms with Crippen LogP contribution in [0.4, 0.5) is 0 Å². The van der Waals surface area contributed by atoms with E-state index in [1.54, 1.807) is 49.9 Å². The highest BCUT2D eigenvalue weighted by Gasteiger charge is 2.37. The minimum atomic E-state index is -0.885. The predicted octanol–water partition coefficient (Wildman–Crippen LogP) is 1.72. The lowest BCUT2D eigenvalue weighted by Gasteiger charge is -2.32. The molecule has 10 heteroatoms. The maximum absolute atomic E-state index is 13.0. The molecule has 3 rings (SSSR count). The average molecular weight is 555 g/mol. The zero-order chi connectivity index (χ0) is 29.4. The maximum atomic E-state index is 13.0. The lowest BCUT2D eigenvalue weighted by atomic mass is 9.83. The summed E-state index contributed by atoms with van der Waals surface area (Å²) in [6.45, 7) is 8.29. The molecular formula is C30H42N4O6. The Balaban J connectivity index is 1.52. The number of hydrogen-bond donors (Lipinski definition) is 1. The smallest absolute Gasteiger partial charge is 0.254 e. The first-order chi connectivity index (χ1) is 19.0. The average Bonchev–Trinajstić information content (AvgIpc) is 3.44. The molecule has 1 aromatic rings. The second kappa shape index (κ2) is 14.3. The van der Waals surface area contributed by atoms with Crippen molar-refractivity contribution in [2.45, 2.75) is 65.0 Å². The number of rotatable bonds is 12. The lowest BCUT2D eigenvalue weighted by molar-refractivity contribution is -0.142. The number of carbonyl (C=O) groups excluding carboxylic acids is 6. The Hall–Kier alpha value is -3.40. The van der Waals surface area contributed by atoms with Gasteiger partial charge in [-0.1, -0.05) is 32.0 Å². The summed E-state index contributed by atoms with van der Waals surface area (Å²) in [4.78, 5) is 82.6. The molecule has 2 heterocycles. The summed E-state index contributed by atoms with van der Waals surface area (Å²) >= 11 is 0. The zero-order valence-electron chi connectivity index (χ0n) is 24.1. The predicted molar refractivity (Wildman–Crippen MR) is 149 cm³/mol. The maximum Gasteiger partial charge on any atom is 0.254 e. The number of nitrogens with one attached hydrogen (secondary N) is 1. The highest BCUT2D eigenvalue weighted by Crippen LogP contribution is 2.22. The fourth-order valence-electron chi connectivity index (χ4n) is 5.21. The number of likely N-dealkylation sites (tertiary alicyclic amines) is 1. The van der Waals surface area contributed by atoms with E-state index in [1.807, 2.05) is 13.1 Å². The van der Waals surface area contributed by atoms with E-state index in [0.717, 1.165) is 13.1 Å². The number of carbonyl (C=O) groups is 6. The van der Waals surface area contributed by atoms with Crippen LogP contribution < -0.4 is 5.32 Å². The van der Waals surface area contributed by atoms with Crippen LogP contribution in [-0.4, -0.2) is 102 Å². The van der Waals surface area contributed by atoms with Crippen molar-refractivity contribution in [3.8, 4) is 0 Å². The third-order valence-electron chi connectivity index (χ3n) is 7.94. The minimum absolute atomic E-state index is 0.0287. The Labute approximate surface area is 236 Å². The number of hydrogen-bond acceptors (Lipinski definition) is 7.